The largest absolute Gasteiger partial charge is 0.449 e. The van der Waals surface area contributed by atoms with Crippen LogP contribution in [0.15, 0.2) is 0 Å². The van der Waals surface area contributed by atoms with Gasteiger partial charge in [0.1, 0.15) is 0 Å². The van der Waals surface area contributed by atoms with Crippen LogP contribution in [0.2, 0.25) is 0 Å². The Kier molecular flexibility index (Phi) is 2.73. The van der Waals surface area contributed by atoms with Gasteiger partial charge in [0.2, 0.25) is 0 Å². The first-order valence-electron chi connectivity index (χ1n) is 4.41. The SMILES string of the molecule is CC(C)(C)N1CCCC1OC=O. The molecule has 0 amide bonds. The number of nitrogens with zero attached hydrogens (tertiary/aromatic N) is 1. The highest BCUT2D eigenvalue weighted by Gasteiger charge is 2.33. The van der Waals surface area contributed by atoms with Gasteiger partial charge >= 0.3 is 0 Å². The van der Waals surface area contributed by atoms with Crippen molar-refractivity contribution < 1.29 is 9.53 Å². The summed E-state index contributed by atoms with van der Waals surface area (Å²) < 4.78 is 4.99. The van der Waals surface area contributed by atoms with E-state index in [1.165, 1.54) is 0 Å². The van der Waals surface area contributed by atoms with Crippen molar-refractivity contribution in [2.75, 3.05) is 6.54 Å². The molecule has 1 saturated heterocycles. The molecule has 1 aliphatic heterocycles. The summed E-state index contributed by atoms with van der Waals surface area (Å²) in [5, 5.41) is 0. The van der Waals surface area contributed by atoms with Crippen LogP contribution in [0.4, 0.5) is 0 Å². The summed E-state index contributed by atoms with van der Waals surface area (Å²) in [5.74, 6) is 0. The highest BCUT2D eigenvalue weighted by molar-refractivity contribution is 5.37. The van der Waals surface area contributed by atoms with Crippen molar-refractivity contribution in [1.29, 1.82) is 0 Å². The van der Waals surface area contributed by atoms with E-state index >= 15 is 0 Å². The highest BCUT2D eigenvalue weighted by atomic mass is 16.5. The lowest BCUT2D eigenvalue weighted by Gasteiger charge is -2.35. The van der Waals surface area contributed by atoms with Gasteiger partial charge < -0.3 is 4.74 Å². The number of ether oxygens (including phenoxy) is 1. The van der Waals surface area contributed by atoms with Crippen LogP contribution in [0.3, 0.4) is 0 Å². The van der Waals surface area contributed by atoms with Crippen molar-refractivity contribution in [1.82, 2.24) is 4.90 Å². The van der Waals surface area contributed by atoms with Gasteiger partial charge in [0.15, 0.2) is 6.23 Å². The molecule has 3 nitrogen and oxygen atoms in total. The summed E-state index contributed by atoms with van der Waals surface area (Å²) in [7, 11) is 0. The molecule has 1 atom stereocenters. The normalized spacial score (nSPS) is 25.8. The zero-order chi connectivity index (χ0) is 9.19. The predicted octanol–water partition coefficient (Wildman–Crippen LogP) is 1.38. The van der Waals surface area contributed by atoms with Gasteiger partial charge in [-0.3, -0.25) is 9.69 Å². The third-order valence-corrected chi connectivity index (χ3v) is 2.27. The van der Waals surface area contributed by atoms with Crippen molar-refractivity contribution in [2.24, 2.45) is 0 Å². The van der Waals surface area contributed by atoms with E-state index in [0.29, 0.717) is 6.47 Å². The monoisotopic (exact) mass is 171 g/mol. The Hall–Kier alpha value is -0.570. The van der Waals surface area contributed by atoms with E-state index in [4.69, 9.17) is 4.74 Å². The topological polar surface area (TPSA) is 29.5 Å². The molecule has 0 radical (unpaired) electrons. The second-order valence-electron chi connectivity index (χ2n) is 4.19. The molecule has 1 fully saturated rings. The minimum Gasteiger partial charge on any atom is -0.449 e. The molecule has 0 aromatic heterocycles. The molecule has 0 aliphatic carbocycles. The van der Waals surface area contributed by atoms with Crippen LogP contribution in [-0.4, -0.2) is 29.7 Å². The Balaban J connectivity index is 2.57. The summed E-state index contributed by atoms with van der Waals surface area (Å²) in [6.45, 7) is 8.00. The Morgan fingerprint density at radius 3 is 2.67 bits per heavy atom. The molecule has 0 aromatic rings. The van der Waals surface area contributed by atoms with Crippen molar-refractivity contribution in [3.63, 3.8) is 0 Å². The average molecular weight is 171 g/mol. The summed E-state index contributed by atoms with van der Waals surface area (Å²) in [4.78, 5) is 12.4. The van der Waals surface area contributed by atoms with Gasteiger partial charge in [0.05, 0.1) is 0 Å². The van der Waals surface area contributed by atoms with Gasteiger partial charge in [0.25, 0.3) is 6.47 Å². The standard InChI is InChI=1S/C9H17NO2/c1-9(2,3)10-6-4-5-8(10)12-7-11/h7-8H,4-6H2,1-3H3. The van der Waals surface area contributed by atoms with Crippen LogP contribution in [0.25, 0.3) is 0 Å². The zero-order valence-electron chi connectivity index (χ0n) is 8.04. The van der Waals surface area contributed by atoms with E-state index in [0.717, 1.165) is 19.4 Å². The predicted molar refractivity (Wildman–Crippen MR) is 46.6 cm³/mol. The first kappa shape index (κ1) is 9.52. The van der Waals surface area contributed by atoms with Crippen LogP contribution in [-0.2, 0) is 9.53 Å². The molecule has 0 N–H and O–H groups in total. The van der Waals surface area contributed by atoms with Gasteiger partial charge in [-0.2, -0.15) is 0 Å². The molecule has 3 heteroatoms. The van der Waals surface area contributed by atoms with Crippen LogP contribution < -0.4 is 0 Å². The van der Waals surface area contributed by atoms with Crippen molar-refractivity contribution >= 4 is 6.47 Å². The van der Waals surface area contributed by atoms with Crippen LogP contribution >= 0.6 is 0 Å². The molecule has 1 heterocycles. The lowest BCUT2D eigenvalue weighted by Crippen LogP contribution is -2.45. The van der Waals surface area contributed by atoms with E-state index in [2.05, 4.69) is 25.7 Å². The fourth-order valence-corrected chi connectivity index (χ4v) is 1.71. The lowest BCUT2D eigenvalue weighted by atomic mass is 10.1. The van der Waals surface area contributed by atoms with Crippen molar-refractivity contribution in [2.45, 2.75) is 45.4 Å². The quantitative estimate of drug-likeness (QED) is 0.588. The summed E-state index contributed by atoms with van der Waals surface area (Å²) in [6.07, 6.45) is 2.09. The van der Waals surface area contributed by atoms with Crippen LogP contribution in [0, 0.1) is 0 Å². The van der Waals surface area contributed by atoms with Gasteiger partial charge in [-0.15, -0.1) is 0 Å². The molecule has 1 unspecified atom stereocenters. The number of carbonyl (C=O) groups is 1. The van der Waals surface area contributed by atoms with E-state index in [1.54, 1.807) is 0 Å². The number of rotatable bonds is 2. The Morgan fingerprint density at radius 1 is 1.50 bits per heavy atom. The molecular weight excluding hydrogens is 154 g/mol. The van der Waals surface area contributed by atoms with E-state index in [-0.39, 0.29) is 11.8 Å². The van der Waals surface area contributed by atoms with Crippen molar-refractivity contribution in [3.8, 4) is 0 Å². The molecule has 70 valence electrons. The first-order valence-corrected chi connectivity index (χ1v) is 4.41. The first-order chi connectivity index (χ1) is 5.55. The summed E-state index contributed by atoms with van der Waals surface area (Å²) >= 11 is 0. The third-order valence-electron chi connectivity index (χ3n) is 2.27. The van der Waals surface area contributed by atoms with Gasteiger partial charge in [-0.25, -0.2) is 0 Å². The van der Waals surface area contributed by atoms with Gasteiger partial charge in [0, 0.05) is 12.1 Å². The van der Waals surface area contributed by atoms with Crippen LogP contribution in [0.5, 0.6) is 0 Å². The Bertz CT molecular complexity index is 162. The summed E-state index contributed by atoms with van der Waals surface area (Å²) in [6, 6.07) is 0. The second-order valence-corrected chi connectivity index (χ2v) is 4.19. The van der Waals surface area contributed by atoms with E-state index < -0.39 is 0 Å². The molecule has 12 heavy (non-hydrogen) atoms. The number of likely N-dealkylation sites (tertiary alicyclic amines) is 1. The fraction of sp³-hybridized carbons (Fsp3) is 0.889. The Morgan fingerprint density at radius 2 is 2.17 bits per heavy atom. The maximum Gasteiger partial charge on any atom is 0.294 e. The molecule has 1 aliphatic rings. The smallest absolute Gasteiger partial charge is 0.294 e. The highest BCUT2D eigenvalue weighted by Crippen LogP contribution is 2.26. The third kappa shape index (κ3) is 1.97. The second kappa shape index (κ2) is 3.44. The minimum atomic E-state index is 0.00231. The number of hydrogen-bond acceptors (Lipinski definition) is 3. The van der Waals surface area contributed by atoms with Crippen LogP contribution in [0.1, 0.15) is 33.6 Å². The Labute approximate surface area is 73.7 Å². The average Bonchev–Trinajstić information content (AvgIpc) is 2.34. The molecule has 0 bridgehead atoms. The van der Waals surface area contributed by atoms with Gasteiger partial charge in [-0.05, 0) is 33.6 Å². The van der Waals surface area contributed by atoms with E-state index in [9.17, 15) is 4.79 Å². The molecule has 0 aromatic carbocycles. The molecule has 0 spiro atoms. The minimum absolute atomic E-state index is 0.00231. The zero-order valence-corrected chi connectivity index (χ0v) is 8.04. The molecular formula is C9H17NO2. The fourth-order valence-electron chi connectivity index (χ4n) is 1.71. The number of carbonyl (C=O) groups excluding carboxylic acids is 1. The maximum atomic E-state index is 10.2. The van der Waals surface area contributed by atoms with E-state index in [1.807, 2.05) is 0 Å². The van der Waals surface area contributed by atoms with Gasteiger partial charge in [-0.1, -0.05) is 0 Å². The maximum absolute atomic E-state index is 10.2. The molecule has 1 rings (SSSR count). The molecule has 0 saturated carbocycles. The lowest BCUT2D eigenvalue weighted by molar-refractivity contribution is -0.144. The summed E-state index contributed by atoms with van der Waals surface area (Å²) in [5.41, 5.74) is 0.101. The number of hydrogen-bond donors (Lipinski definition) is 0. The van der Waals surface area contributed by atoms with Crippen molar-refractivity contribution in [3.05, 3.63) is 0 Å².